The van der Waals surface area contributed by atoms with E-state index in [-0.39, 0.29) is 36.1 Å². The second-order valence-electron chi connectivity index (χ2n) is 10.5. The molecule has 2 aliphatic rings. The van der Waals surface area contributed by atoms with E-state index in [1.54, 1.807) is 4.68 Å². The molecule has 33 heavy (non-hydrogen) atoms. The molecule has 2 aliphatic carbocycles. The fourth-order valence-electron chi connectivity index (χ4n) is 4.46. The molecule has 0 aliphatic heterocycles. The molecular formula is C25H35N5O3. The zero-order valence-electron chi connectivity index (χ0n) is 19.8. The Morgan fingerprint density at radius 1 is 1.00 bits per heavy atom. The van der Waals surface area contributed by atoms with Crippen LogP contribution in [0.15, 0.2) is 24.3 Å². The van der Waals surface area contributed by atoms with E-state index in [0.717, 1.165) is 44.0 Å². The van der Waals surface area contributed by atoms with Crippen LogP contribution in [0, 0.1) is 5.41 Å². The third-order valence-electron chi connectivity index (χ3n) is 6.46. The van der Waals surface area contributed by atoms with Crippen LogP contribution in [0.1, 0.15) is 76.2 Å². The third kappa shape index (κ3) is 5.72. The lowest BCUT2D eigenvalue weighted by Gasteiger charge is -2.30. The van der Waals surface area contributed by atoms with Crippen molar-refractivity contribution in [2.24, 2.45) is 5.41 Å². The maximum absolute atomic E-state index is 13.3. The highest BCUT2D eigenvalue weighted by Crippen LogP contribution is 2.25. The lowest BCUT2D eigenvalue weighted by Crippen LogP contribution is -2.54. The summed E-state index contributed by atoms with van der Waals surface area (Å²) in [5.74, 6) is -0.684. The number of rotatable bonds is 7. The Morgan fingerprint density at radius 2 is 1.67 bits per heavy atom. The molecule has 178 valence electrons. The first-order valence-electron chi connectivity index (χ1n) is 12.1. The Labute approximate surface area is 194 Å². The SMILES string of the molecule is CC(C)(C)[C@H](NC(=O)c1nn(CC(=O)NC2CCCCC2)c2ccccc12)C(=O)NC1CC1. The smallest absolute Gasteiger partial charge is 0.273 e. The summed E-state index contributed by atoms with van der Waals surface area (Å²) in [6, 6.07) is 7.12. The number of para-hydroxylation sites is 1. The molecule has 1 aromatic carbocycles. The van der Waals surface area contributed by atoms with Crippen molar-refractivity contribution in [2.45, 2.75) is 90.4 Å². The van der Waals surface area contributed by atoms with Crippen LogP contribution in [0.2, 0.25) is 0 Å². The van der Waals surface area contributed by atoms with Crippen LogP contribution in [0.3, 0.4) is 0 Å². The van der Waals surface area contributed by atoms with Crippen molar-refractivity contribution in [1.82, 2.24) is 25.7 Å². The number of nitrogens with zero attached hydrogens (tertiary/aromatic N) is 2. The molecule has 3 N–H and O–H groups in total. The van der Waals surface area contributed by atoms with Gasteiger partial charge in [0.05, 0.1) is 5.52 Å². The summed E-state index contributed by atoms with van der Waals surface area (Å²) in [6.45, 7) is 5.83. The second kappa shape index (κ2) is 9.53. The van der Waals surface area contributed by atoms with Crippen LogP contribution in [-0.4, -0.2) is 45.6 Å². The molecule has 3 amide bonds. The number of carbonyl (C=O) groups is 3. The molecule has 0 saturated heterocycles. The van der Waals surface area contributed by atoms with E-state index in [0.29, 0.717) is 5.39 Å². The van der Waals surface area contributed by atoms with E-state index < -0.39 is 17.4 Å². The van der Waals surface area contributed by atoms with Gasteiger partial charge in [0.25, 0.3) is 5.91 Å². The van der Waals surface area contributed by atoms with Gasteiger partial charge < -0.3 is 16.0 Å². The molecule has 2 saturated carbocycles. The van der Waals surface area contributed by atoms with Gasteiger partial charge in [0, 0.05) is 17.5 Å². The summed E-state index contributed by atoms with van der Waals surface area (Å²) in [5.41, 5.74) is 0.480. The van der Waals surface area contributed by atoms with E-state index in [1.807, 2.05) is 45.0 Å². The van der Waals surface area contributed by atoms with Crippen LogP contribution in [0.4, 0.5) is 0 Å². The molecule has 0 bridgehead atoms. The first-order chi connectivity index (χ1) is 15.7. The molecule has 1 atom stereocenters. The van der Waals surface area contributed by atoms with Crippen molar-refractivity contribution in [1.29, 1.82) is 0 Å². The molecule has 0 unspecified atom stereocenters. The number of aromatic nitrogens is 2. The monoisotopic (exact) mass is 453 g/mol. The van der Waals surface area contributed by atoms with Crippen molar-refractivity contribution in [3.05, 3.63) is 30.0 Å². The van der Waals surface area contributed by atoms with Gasteiger partial charge in [-0.3, -0.25) is 19.1 Å². The van der Waals surface area contributed by atoms with E-state index >= 15 is 0 Å². The predicted octanol–water partition coefficient (Wildman–Crippen LogP) is 2.91. The van der Waals surface area contributed by atoms with Gasteiger partial charge in [-0.2, -0.15) is 5.10 Å². The normalized spacial score (nSPS) is 18.0. The van der Waals surface area contributed by atoms with Crippen LogP contribution in [0.25, 0.3) is 10.9 Å². The molecular weight excluding hydrogens is 418 g/mol. The number of amides is 3. The van der Waals surface area contributed by atoms with E-state index in [4.69, 9.17) is 0 Å². The first-order valence-corrected chi connectivity index (χ1v) is 12.1. The molecule has 8 heteroatoms. The van der Waals surface area contributed by atoms with Gasteiger partial charge in [0.1, 0.15) is 12.6 Å². The van der Waals surface area contributed by atoms with Crippen molar-refractivity contribution < 1.29 is 14.4 Å². The quantitative estimate of drug-likeness (QED) is 0.599. The standard InChI is InChI=1S/C25H35N5O3/c1-25(2,3)22(24(33)27-17-13-14-17)28-23(32)21-18-11-7-8-12-19(18)30(29-21)15-20(31)26-16-9-5-4-6-10-16/h7-8,11-12,16-17,22H,4-6,9-10,13-15H2,1-3H3,(H,26,31)(H,27,33)(H,28,32)/t22-/m1/s1. The summed E-state index contributed by atoms with van der Waals surface area (Å²) in [7, 11) is 0. The highest BCUT2D eigenvalue weighted by molar-refractivity contribution is 6.06. The topological polar surface area (TPSA) is 105 Å². The van der Waals surface area contributed by atoms with E-state index in [1.165, 1.54) is 6.42 Å². The highest BCUT2D eigenvalue weighted by Gasteiger charge is 2.36. The molecule has 1 aromatic heterocycles. The fourth-order valence-corrected chi connectivity index (χ4v) is 4.46. The molecule has 8 nitrogen and oxygen atoms in total. The second-order valence-corrected chi connectivity index (χ2v) is 10.5. The Bertz CT molecular complexity index is 1030. The maximum atomic E-state index is 13.3. The molecule has 1 heterocycles. The van der Waals surface area contributed by atoms with Gasteiger partial charge in [-0.05, 0) is 37.2 Å². The molecule has 2 fully saturated rings. The number of hydrogen-bond acceptors (Lipinski definition) is 4. The van der Waals surface area contributed by atoms with Gasteiger partial charge in [-0.25, -0.2) is 0 Å². The number of benzene rings is 1. The van der Waals surface area contributed by atoms with E-state index in [9.17, 15) is 14.4 Å². The average Bonchev–Trinajstić information content (AvgIpc) is 3.51. The summed E-state index contributed by atoms with van der Waals surface area (Å²) in [5, 5.41) is 14.2. The van der Waals surface area contributed by atoms with Crippen LogP contribution in [-0.2, 0) is 16.1 Å². The van der Waals surface area contributed by atoms with Gasteiger partial charge in [0.15, 0.2) is 5.69 Å². The molecule has 4 rings (SSSR count). The Hall–Kier alpha value is -2.90. The summed E-state index contributed by atoms with van der Waals surface area (Å²) in [4.78, 5) is 38.8. The van der Waals surface area contributed by atoms with E-state index in [2.05, 4.69) is 21.0 Å². The number of hydrogen-bond donors (Lipinski definition) is 3. The largest absolute Gasteiger partial charge is 0.352 e. The lowest BCUT2D eigenvalue weighted by atomic mass is 9.86. The zero-order chi connectivity index (χ0) is 23.6. The van der Waals surface area contributed by atoms with Crippen molar-refractivity contribution >= 4 is 28.6 Å². The molecule has 0 spiro atoms. The predicted molar refractivity (Wildman–Crippen MR) is 127 cm³/mol. The summed E-state index contributed by atoms with van der Waals surface area (Å²) in [6.07, 6.45) is 7.49. The minimum atomic E-state index is -0.691. The van der Waals surface area contributed by atoms with Gasteiger partial charge >= 0.3 is 0 Å². The number of fused-ring (bicyclic) bond motifs is 1. The highest BCUT2D eigenvalue weighted by atomic mass is 16.2. The minimum absolute atomic E-state index is 0.0508. The summed E-state index contributed by atoms with van der Waals surface area (Å²) < 4.78 is 1.58. The van der Waals surface area contributed by atoms with Crippen molar-refractivity contribution in [3.63, 3.8) is 0 Å². The Morgan fingerprint density at radius 3 is 2.33 bits per heavy atom. The summed E-state index contributed by atoms with van der Waals surface area (Å²) >= 11 is 0. The number of carbonyl (C=O) groups excluding carboxylic acids is 3. The Kier molecular flexibility index (Phi) is 6.72. The van der Waals surface area contributed by atoms with Crippen LogP contribution < -0.4 is 16.0 Å². The first kappa shape index (κ1) is 23.3. The average molecular weight is 454 g/mol. The van der Waals surface area contributed by atoms with Crippen molar-refractivity contribution in [3.8, 4) is 0 Å². The van der Waals surface area contributed by atoms with Crippen LogP contribution >= 0.6 is 0 Å². The maximum Gasteiger partial charge on any atom is 0.273 e. The Balaban J connectivity index is 1.52. The lowest BCUT2D eigenvalue weighted by molar-refractivity contribution is -0.125. The van der Waals surface area contributed by atoms with Gasteiger partial charge in [-0.1, -0.05) is 58.2 Å². The molecule has 2 aromatic rings. The van der Waals surface area contributed by atoms with Crippen molar-refractivity contribution in [2.75, 3.05) is 0 Å². The zero-order valence-corrected chi connectivity index (χ0v) is 19.8. The minimum Gasteiger partial charge on any atom is -0.352 e. The third-order valence-corrected chi connectivity index (χ3v) is 6.46. The van der Waals surface area contributed by atoms with Crippen LogP contribution in [0.5, 0.6) is 0 Å². The fraction of sp³-hybridized carbons (Fsp3) is 0.600. The number of nitrogens with one attached hydrogen (secondary N) is 3. The molecule has 0 radical (unpaired) electrons. The van der Waals surface area contributed by atoms with Gasteiger partial charge in [0.2, 0.25) is 11.8 Å². The van der Waals surface area contributed by atoms with Gasteiger partial charge in [-0.15, -0.1) is 0 Å².